The summed E-state index contributed by atoms with van der Waals surface area (Å²) in [5, 5.41) is 4.21. The van der Waals surface area contributed by atoms with Crippen LogP contribution in [0.4, 0.5) is 0 Å². The smallest absolute Gasteiger partial charge is 0.0359 e. The Labute approximate surface area is 58.9 Å². The minimum absolute atomic E-state index is 0.903. The molecule has 1 aromatic rings. The summed E-state index contributed by atoms with van der Waals surface area (Å²) in [5.41, 5.74) is 7.20. The van der Waals surface area contributed by atoms with Crippen molar-refractivity contribution in [3.8, 4) is 0 Å². The van der Waals surface area contributed by atoms with E-state index < -0.39 is 0 Å². The predicted octanol–water partition coefficient (Wildman–Crippen LogP) is 0.972. The minimum Gasteiger partial charge on any atom is -0.261 e. The monoisotopic (exact) mass is 142 g/mol. The van der Waals surface area contributed by atoms with E-state index in [4.69, 9.17) is 0 Å². The van der Waals surface area contributed by atoms with Gasteiger partial charge in [0, 0.05) is 6.54 Å². The number of hydrazine groups is 1. The summed E-state index contributed by atoms with van der Waals surface area (Å²) < 4.78 is 0. The average molecular weight is 142 g/mol. The molecular formula is C6H10N2S. The zero-order valence-corrected chi connectivity index (χ0v) is 6.16. The Balaban J connectivity index is 2.30. The Hall–Kier alpha value is -0.380. The molecule has 0 bridgehead atoms. The lowest BCUT2D eigenvalue weighted by atomic mass is 10.3. The first-order valence-electron chi connectivity index (χ1n) is 2.84. The van der Waals surface area contributed by atoms with Crippen LogP contribution in [0.5, 0.6) is 0 Å². The average Bonchev–Trinajstić information content (AvgIpc) is 2.34. The van der Waals surface area contributed by atoms with Crippen molar-refractivity contribution in [2.75, 3.05) is 7.05 Å². The van der Waals surface area contributed by atoms with Gasteiger partial charge in [-0.2, -0.15) is 11.3 Å². The van der Waals surface area contributed by atoms with Gasteiger partial charge in [0.25, 0.3) is 0 Å². The van der Waals surface area contributed by atoms with Gasteiger partial charge in [0.15, 0.2) is 0 Å². The van der Waals surface area contributed by atoms with Crippen LogP contribution in [0.25, 0.3) is 0 Å². The first-order valence-corrected chi connectivity index (χ1v) is 3.78. The van der Waals surface area contributed by atoms with Crippen LogP contribution in [0, 0.1) is 0 Å². The van der Waals surface area contributed by atoms with E-state index in [1.54, 1.807) is 11.3 Å². The van der Waals surface area contributed by atoms with Gasteiger partial charge < -0.3 is 0 Å². The summed E-state index contributed by atoms with van der Waals surface area (Å²) in [6.45, 7) is 0.903. The second-order valence-electron chi connectivity index (χ2n) is 1.74. The van der Waals surface area contributed by atoms with Crippen LogP contribution in [0.15, 0.2) is 16.8 Å². The zero-order valence-electron chi connectivity index (χ0n) is 5.35. The highest BCUT2D eigenvalue weighted by atomic mass is 32.1. The second kappa shape index (κ2) is 3.61. The third kappa shape index (κ3) is 2.13. The molecule has 0 spiro atoms. The number of hydrogen-bond acceptors (Lipinski definition) is 3. The molecular weight excluding hydrogens is 132 g/mol. The van der Waals surface area contributed by atoms with Crippen LogP contribution in [-0.4, -0.2) is 7.05 Å². The minimum atomic E-state index is 0.903. The molecule has 0 aliphatic heterocycles. The van der Waals surface area contributed by atoms with E-state index in [9.17, 15) is 0 Å². The summed E-state index contributed by atoms with van der Waals surface area (Å²) in [7, 11) is 1.87. The van der Waals surface area contributed by atoms with Crippen molar-refractivity contribution in [1.82, 2.24) is 10.9 Å². The molecule has 50 valence electrons. The largest absolute Gasteiger partial charge is 0.261 e. The van der Waals surface area contributed by atoms with Crippen LogP contribution in [0.2, 0.25) is 0 Å². The molecule has 3 heteroatoms. The quantitative estimate of drug-likeness (QED) is 0.614. The molecule has 1 heterocycles. The van der Waals surface area contributed by atoms with Crippen molar-refractivity contribution in [2.24, 2.45) is 0 Å². The van der Waals surface area contributed by atoms with Crippen LogP contribution < -0.4 is 10.9 Å². The van der Waals surface area contributed by atoms with Crippen molar-refractivity contribution in [2.45, 2.75) is 6.54 Å². The van der Waals surface area contributed by atoms with Crippen molar-refractivity contribution < 1.29 is 0 Å². The van der Waals surface area contributed by atoms with Gasteiger partial charge in [0.1, 0.15) is 0 Å². The fraction of sp³-hybridized carbons (Fsp3) is 0.333. The molecule has 0 aliphatic rings. The van der Waals surface area contributed by atoms with Crippen molar-refractivity contribution >= 4 is 11.3 Å². The maximum absolute atomic E-state index is 3.01. The Kier molecular flexibility index (Phi) is 2.70. The molecule has 1 aromatic heterocycles. The maximum atomic E-state index is 3.01. The lowest BCUT2D eigenvalue weighted by molar-refractivity contribution is 0.597. The van der Waals surface area contributed by atoms with Gasteiger partial charge in [-0.25, -0.2) is 0 Å². The molecule has 0 amide bonds. The first-order chi connectivity index (χ1) is 4.43. The fourth-order valence-corrected chi connectivity index (χ4v) is 1.25. The highest BCUT2D eigenvalue weighted by molar-refractivity contribution is 7.07. The van der Waals surface area contributed by atoms with Gasteiger partial charge in [-0.1, -0.05) is 0 Å². The van der Waals surface area contributed by atoms with Gasteiger partial charge in [-0.15, -0.1) is 0 Å². The van der Waals surface area contributed by atoms with E-state index in [0.717, 1.165) is 6.54 Å². The number of nitrogens with one attached hydrogen (secondary N) is 2. The SMILES string of the molecule is CNNCc1ccsc1. The molecule has 9 heavy (non-hydrogen) atoms. The van der Waals surface area contributed by atoms with Crippen molar-refractivity contribution in [3.63, 3.8) is 0 Å². The molecule has 0 saturated carbocycles. The lowest BCUT2D eigenvalue weighted by Crippen LogP contribution is -2.26. The van der Waals surface area contributed by atoms with Gasteiger partial charge in [0.2, 0.25) is 0 Å². The Morgan fingerprint density at radius 1 is 1.67 bits per heavy atom. The van der Waals surface area contributed by atoms with Gasteiger partial charge in [0.05, 0.1) is 0 Å². The third-order valence-corrected chi connectivity index (χ3v) is 1.78. The summed E-state index contributed by atoms with van der Waals surface area (Å²) in [6.07, 6.45) is 0. The maximum Gasteiger partial charge on any atom is 0.0359 e. The summed E-state index contributed by atoms with van der Waals surface area (Å²) in [6, 6.07) is 2.11. The van der Waals surface area contributed by atoms with E-state index >= 15 is 0 Å². The molecule has 0 radical (unpaired) electrons. The van der Waals surface area contributed by atoms with E-state index in [-0.39, 0.29) is 0 Å². The van der Waals surface area contributed by atoms with E-state index in [1.807, 2.05) is 7.05 Å². The van der Waals surface area contributed by atoms with Crippen LogP contribution >= 0.6 is 11.3 Å². The van der Waals surface area contributed by atoms with Gasteiger partial charge in [-0.05, 0) is 29.4 Å². The van der Waals surface area contributed by atoms with Crippen LogP contribution in [0.1, 0.15) is 5.56 Å². The van der Waals surface area contributed by atoms with E-state index in [0.29, 0.717) is 0 Å². The van der Waals surface area contributed by atoms with Gasteiger partial charge >= 0.3 is 0 Å². The lowest BCUT2D eigenvalue weighted by Gasteiger charge is -1.97. The molecule has 0 fully saturated rings. The summed E-state index contributed by atoms with van der Waals surface area (Å²) in [5.74, 6) is 0. The highest BCUT2D eigenvalue weighted by Gasteiger charge is 1.87. The first kappa shape index (κ1) is 6.74. The summed E-state index contributed by atoms with van der Waals surface area (Å²) >= 11 is 1.72. The van der Waals surface area contributed by atoms with E-state index in [1.165, 1.54) is 5.56 Å². The number of rotatable bonds is 3. The topological polar surface area (TPSA) is 24.1 Å². The number of thiophene rings is 1. The molecule has 1 rings (SSSR count). The fourth-order valence-electron chi connectivity index (χ4n) is 0.584. The van der Waals surface area contributed by atoms with Crippen LogP contribution in [0.3, 0.4) is 0 Å². The number of hydrogen-bond donors (Lipinski definition) is 2. The Morgan fingerprint density at radius 3 is 3.11 bits per heavy atom. The predicted molar refractivity (Wildman–Crippen MR) is 40.2 cm³/mol. The normalized spacial score (nSPS) is 9.89. The second-order valence-corrected chi connectivity index (χ2v) is 2.52. The molecule has 0 aromatic carbocycles. The standard InChI is InChI=1S/C6H10N2S/c1-7-8-4-6-2-3-9-5-6/h2-3,5,7-8H,4H2,1H3. The highest BCUT2D eigenvalue weighted by Crippen LogP contribution is 2.03. The third-order valence-electron chi connectivity index (χ3n) is 1.05. The molecule has 0 atom stereocenters. The molecule has 0 saturated heterocycles. The van der Waals surface area contributed by atoms with Crippen LogP contribution in [-0.2, 0) is 6.54 Å². The molecule has 2 N–H and O–H groups in total. The Morgan fingerprint density at radius 2 is 2.56 bits per heavy atom. The summed E-state index contributed by atoms with van der Waals surface area (Å²) in [4.78, 5) is 0. The Bertz CT molecular complexity index is 148. The van der Waals surface area contributed by atoms with E-state index in [2.05, 4.69) is 27.7 Å². The molecule has 0 unspecified atom stereocenters. The zero-order chi connectivity index (χ0) is 6.53. The van der Waals surface area contributed by atoms with Crippen molar-refractivity contribution in [1.29, 1.82) is 0 Å². The molecule has 0 aliphatic carbocycles. The van der Waals surface area contributed by atoms with Gasteiger partial charge in [-0.3, -0.25) is 10.9 Å². The van der Waals surface area contributed by atoms with Crippen molar-refractivity contribution in [3.05, 3.63) is 22.4 Å². The molecule has 2 nitrogen and oxygen atoms in total.